The Hall–Kier alpha value is -2.32. The number of ether oxygens (including phenoxy) is 1. The van der Waals surface area contributed by atoms with Gasteiger partial charge in [-0.1, -0.05) is 6.07 Å². The number of piperidine rings is 1. The first kappa shape index (κ1) is 19.0. The Bertz CT molecular complexity index is 848. The van der Waals surface area contributed by atoms with E-state index >= 15 is 0 Å². The van der Waals surface area contributed by atoms with E-state index < -0.39 is 0 Å². The molecule has 0 N–H and O–H groups in total. The monoisotopic (exact) mass is 400 g/mol. The fourth-order valence-corrected chi connectivity index (χ4v) is 4.75. The highest BCUT2D eigenvalue weighted by atomic mass is 32.1. The highest BCUT2D eigenvalue weighted by molar-refractivity contribution is 7.17. The van der Waals surface area contributed by atoms with Crippen LogP contribution in [0.15, 0.2) is 24.4 Å². The predicted octanol–water partition coefficient (Wildman–Crippen LogP) is 2.22. The average molecular weight is 401 g/mol. The maximum absolute atomic E-state index is 13.1. The van der Waals surface area contributed by atoms with E-state index in [1.165, 1.54) is 11.3 Å². The Kier molecular flexibility index (Phi) is 5.68. The number of pyridine rings is 1. The van der Waals surface area contributed by atoms with Crippen LogP contribution in [0, 0.1) is 12.8 Å². The van der Waals surface area contributed by atoms with Gasteiger partial charge in [-0.15, -0.1) is 11.3 Å². The number of hydrogen-bond donors (Lipinski definition) is 0. The zero-order valence-corrected chi connectivity index (χ0v) is 16.8. The van der Waals surface area contributed by atoms with Crippen LogP contribution in [0.2, 0.25) is 0 Å². The Labute approximate surface area is 168 Å². The number of hydrogen-bond acceptors (Lipinski definition) is 6. The van der Waals surface area contributed by atoms with Crippen LogP contribution >= 0.6 is 11.3 Å². The van der Waals surface area contributed by atoms with Crippen molar-refractivity contribution in [2.24, 2.45) is 5.92 Å². The molecule has 1 atom stereocenters. The van der Waals surface area contributed by atoms with Crippen LogP contribution in [0.25, 0.3) is 10.7 Å². The van der Waals surface area contributed by atoms with Crippen LogP contribution in [0.5, 0.6) is 0 Å². The molecule has 1 unspecified atom stereocenters. The quantitative estimate of drug-likeness (QED) is 0.790. The van der Waals surface area contributed by atoms with Crippen LogP contribution < -0.4 is 0 Å². The van der Waals surface area contributed by atoms with E-state index in [9.17, 15) is 9.59 Å². The van der Waals surface area contributed by atoms with Crippen molar-refractivity contribution in [3.05, 3.63) is 35.0 Å². The zero-order chi connectivity index (χ0) is 19.5. The number of nitrogens with zero attached hydrogens (tertiary/aromatic N) is 4. The molecule has 2 aliphatic heterocycles. The Morgan fingerprint density at radius 2 is 2.00 bits per heavy atom. The van der Waals surface area contributed by atoms with Gasteiger partial charge in [0.2, 0.25) is 5.91 Å². The van der Waals surface area contributed by atoms with Crippen LogP contribution in [0.3, 0.4) is 0 Å². The van der Waals surface area contributed by atoms with Gasteiger partial charge in [0, 0.05) is 32.4 Å². The summed E-state index contributed by atoms with van der Waals surface area (Å²) in [6.45, 7) is 5.49. The second-order valence-electron chi connectivity index (χ2n) is 7.18. The fourth-order valence-electron chi connectivity index (χ4n) is 3.74. The van der Waals surface area contributed by atoms with Gasteiger partial charge in [0.15, 0.2) is 0 Å². The maximum Gasteiger partial charge on any atom is 0.265 e. The normalized spacial score (nSPS) is 20.2. The number of thiazole rings is 1. The van der Waals surface area contributed by atoms with Gasteiger partial charge in [-0.05, 0) is 31.9 Å². The molecule has 0 saturated carbocycles. The lowest BCUT2D eigenvalue weighted by molar-refractivity contribution is -0.141. The Morgan fingerprint density at radius 3 is 2.75 bits per heavy atom. The molecule has 2 amide bonds. The first-order valence-corrected chi connectivity index (χ1v) is 10.5. The van der Waals surface area contributed by atoms with Gasteiger partial charge in [0.05, 0.1) is 30.5 Å². The van der Waals surface area contributed by atoms with Crippen LogP contribution in [0.1, 0.15) is 28.2 Å². The van der Waals surface area contributed by atoms with Crippen LogP contribution in [-0.4, -0.2) is 71.0 Å². The lowest BCUT2D eigenvalue weighted by atomic mass is 9.96. The molecule has 0 spiro atoms. The number of rotatable bonds is 3. The molecule has 7 nitrogen and oxygen atoms in total. The number of amides is 2. The number of aromatic nitrogens is 2. The lowest BCUT2D eigenvalue weighted by Gasteiger charge is -2.36. The minimum atomic E-state index is -0.126. The smallest absolute Gasteiger partial charge is 0.265 e. The molecule has 2 aliphatic rings. The summed E-state index contributed by atoms with van der Waals surface area (Å²) in [6, 6.07) is 5.66. The van der Waals surface area contributed by atoms with Gasteiger partial charge in [-0.25, -0.2) is 4.98 Å². The summed E-state index contributed by atoms with van der Waals surface area (Å²) >= 11 is 1.38. The Morgan fingerprint density at radius 1 is 1.18 bits per heavy atom. The number of carbonyl (C=O) groups is 2. The third-order valence-electron chi connectivity index (χ3n) is 5.26. The molecule has 28 heavy (non-hydrogen) atoms. The maximum atomic E-state index is 13.1. The van der Waals surface area contributed by atoms with Gasteiger partial charge in [0.25, 0.3) is 5.91 Å². The van der Waals surface area contributed by atoms with E-state index in [1.807, 2.05) is 34.9 Å². The molecule has 2 saturated heterocycles. The molecular formula is C20H24N4O3S. The second-order valence-corrected chi connectivity index (χ2v) is 8.18. The topological polar surface area (TPSA) is 75.6 Å². The largest absolute Gasteiger partial charge is 0.378 e. The molecule has 0 bridgehead atoms. The first-order chi connectivity index (χ1) is 13.6. The van der Waals surface area contributed by atoms with E-state index in [1.54, 1.807) is 6.20 Å². The van der Waals surface area contributed by atoms with Crippen molar-refractivity contribution in [3.8, 4) is 10.7 Å². The number of carbonyl (C=O) groups excluding carboxylic acids is 2. The molecule has 4 heterocycles. The summed E-state index contributed by atoms with van der Waals surface area (Å²) < 4.78 is 5.34. The number of aryl methyl sites for hydroxylation is 1. The molecule has 0 aromatic carbocycles. The van der Waals surface area contributed by atoms with Gasteiger partial charge < -0.3 is 14.5 Å². The predicted molar refractivity (Wildman–Crippen MR) is 106 cm³/mol. The molecule has 4 rings (SSSR count). The van der Waals surface area contributed by atoms with Crippen molar-refractivity contribution in [2.75, 3.05) is 39.4 Å². The van der Waals surface area contributed by atoms with Gasteiger partial charge >= 0.3 is 0 Å². The molecule has 2 aromatic rings. The van der Waals surface area contributed by atoms with E-state index in [-0.39, 0.29) is 17.7 Å². The van der Waals surface area contributed by atoms with Gasteiger partial charge in [-0.2, -0.15) is 0 Å². The summed E-state index contributed by atoms with van der Waals surface area (Å²) in [5, 5.41) is 0.749. The summed E-state index contributed by atoms with van der Waals surface area (Å²) in [4.78, 5) is 39.2. The van der Waals surface area contributed by atoms with E-state index in [4.69, 9.17) is 4.74 Å². The molecule has 2 aromatic heterocycles. The molecule has 2 fully saturated rings. The van der Waals surface area contributed by atoms with Crippen molar-refractivity contribution in [2.45, 2.75) is 19.8 Å². The number of morpholine rings is 1. The number of likely N-dealkylation sites (tertiary alicyclic amines) is 1. The Balaban J connectivity index is 1.47. The highest BCUT2D eigenvalue weighted by Crippen LogP contribution is 2.29. The van der Waals surface area contributed by atoms with Crippen LogP contribution in [-0.2, 0) is 9.53 Å². The SMILES string of the molecule is Cc1nc(-c2ccccn2)sc1C(=O)N1CCCC(C(=O)N2CCOCC2)C1. The van der Waals surface area contributed by atoms with Crippen molar-refractivity contribution in [1.29, 1.82) is 0 Å². The summed E-state index contributed by atoms with van der Waals surface area (Å²) in [5.41, 5.74) is 1.49. The molecular weight excluding hydrogens is 376 g/mol. The first-order valence-electron chi connectivity index (χ1n) is 9.68. The average Bonchev–Trinajstić information content (AvgIpc) is 3.15. The third kappa shape index (κ3) is 3.93. The summed E-state index contributed by atoms with van der Waals surface area (Å²) in [6.07, 6.45) is 3.40. The fraction of sp³-hybridized carbons (Fsp3) is 0.500. The molecule has 0 aliphatic carbocycles. The zero-order valence-electron chi connectivity index (χ0n) is 16.0. The second kappa shape index (κ2) is 8.36. The van der Waals surface area contributed by atoms with E-state index in [0.717, 1.165) is 29.2 Å². The molecule has 8 heteroatoms. The summed E-state index contributed by atoms with van der Waals surface area (Å²) in [7, 11) is 0. The minimum Gasteiger partial charge on any atom is -0.378 e. The van der Waals surface area contributed by atoms with Crippen molar-refractivity contribution in [1.82, 2.24) is 19.8 Å². The van der Waals surface area contributed by atoms with E-state index in [2.05, 4.69) is 9.97 Å². The van der Waals surface area contributed by atoms with Crippen LogP contribution in [0.4, 0.5) is 0 Å². The summed E-state index contributed by atoms with van der Waals surface area (Å²) in [5.74, 6) is -0.00746. The molecule has 0 radical (unpaired) electrons. The standard InChI is InChI=1S/C20H24N4O3S/c1-14-17(28-18(22-14)16-6-2-3-7-21-16)20(26)24-8-4-5-15(13-24)19(25)23-9-11-27-12-10-23/h2-3,6-7,15H,4-5,8-13H2,1H3. The van der Waals surface area contributed by atoms with Crippen molar-refractivity contribution >= 4 is 23.2 Å². The third-order valence-corrected chi connectivity index (χ3v) is 6.42. The van der Waals surface area contributed by atoms with Gasteiger partial charge in [0.1, 0.15) is 9.88 Å². The van der Waals surface area contributed by atoms with E-state index in [0.29, 0.717) is 44.3 Å². The van der Waals surface area contributed by atoms with Crippen molar-refractivity contribution in [3.63, 3.8) is 0 Å². The molecule has 148 valence electrons. The minimum absolute atomic E-state index is 0.0309. The van der Waals surface area contributed by atoms with Crippen molar-refractivity contribution < 1.29 is 14.3 Å². The van der Waals surface area contributed by atoms with Gasteiger partial charge in [-0.3, -0.25) is 14.6 Å². The lowest BCUT2D eigenvalue weighted by Crippen LogP contribution is -2.49. The highest BCUT2D eigenvalue weighted by Gasteiger charge is 2.33.